The molecule has 1 aromatic rings. The molecular formula is C14H21NO2. The molecule has 0 N–H and O–H groups in total. The number of methoxy groups -OCH3 is 1. The van der Waals surface area contributed by atoms with Gasteiger partial charge in [0.1, 0.15) is 5.75 Å². The van der Waals surface area contributed by atoms with E-state index in [0.29, 0.717) is 11.3 Å². The standard InChI is InChI=1S/C14H21NO2/c1-6-14(2,15(3)4)13(16)11-9-7-8-10-12(11)17-5/h7-10H,6H2,1-5H3. The zero-order valence-corrected chi connectivity index (χ0v) is 11.3. The summed E-state index contributed by atoms with van der Waals surface area (Å²) >= 11 is 0. The number of ether oxygens (including phenoxy) is 1. The maximum absolute atomic E-state index is 12.6. The van der Waals surface area contributed by atoms with Crippen LogP contribution in [0, 0.1) is 0 Å². The lowest BCUT2D eigenvalue weighted by Gasteiger charge is -2.34. The Morgan fingerprint density at radius 1 is 1.35 bits per heavy atom. The Morgan fingerprint density at radius 2 is 1.94 bits per heavy atom. The van der Waals surface area contributed by atoms with Crippen LogP contribution >= 0.6 is 0 Å². The van der Waals surface area contributed by atoms with E-state index >= 15 is 0 Å². The van der Waals surface area contributed by atoms with Crippen molar-refractivity contribution in [3.63, 3.8) is 0 Å². The van der Waals surface area contributed by atoms with Gasteiger partial charge in [-0.05, 0) is 39.6 Å². The topological polar surface area (TPSA) is 29.5 Å². The van der Waals surface area contributed by atoms with Crippen LogP contribution in [0.3, 0.4) is 0 Å². The van der Waals surface area contributed by atoms with Crippen molar-refractivity contribution in [3.8, 4) is 5.75 Å². The molecule has 0 radical (unpaired) electrons. The van der Waals surface area contributed by atoms with Gasteiger partial charge in [0.25, 0.3) is 0 Å². The minimum Gasteiger partial charge on any atom is -0.496 e. The van der Waals surface area contributed by atoms with E-state index in [4.69, 9.17) is 4.74 Å². The summed E-state index contributed by atoms with van der Waals surface area (Å²) < 4.78 is 5.25. The second kappa shape index (κ2) is 5.32. The summed E-state index contributed by atoms with van der Waals surface area (Å²) in [5.74, 6) is 0.737. The number of nitrogens with zero attached hydrogens (tertiary/aromatic N) is 1. The first-order valence-electron chi connectivity index (χ1n) is 5.82. The van der Waals surface area contributed by atoms with E-state index < -0.39 is 5.54 Å². The fourth-order valence-corrected chi connectivity index (χ4v) is 1.80. The number of hydrogen-bond acceptors (Lipinski definition) is 3. The van der Waals surface area contributed by atoms with Gasteiger partial charge in [-0.2, -0.15) is 0 Å². The van der Waals surface area contributed by atoms with Gasteiger partial charge in [0.2, 0.25) is 0 Å². The van der Waals surface area contributed by atoms with E-state index in [1.54, 1.807) is 7.11 Å². The van der Waals surface area contributed by atoms with Crippen LogP contribution in [0.25, 0.3) is 0 Å². The molecular weight excluding hydrogens is 214 g/mol. The van der Waals surface area contributed by atoms with Crippen molar-refractivity contribution in [2.45, 2.75) is 25.8 Å². The van der Waals surface area contributed by atoms with E-state index in [-0.39, 0.29) is 5.78 Å². The van der Waals surface area contributed by atoms with E-state index in [2.05, 4.69) is 0 Å². The highest BCUT2D eigenvalue weighted by Gasteiger charge is 2.35. The molecule has 94 valence electrons. The van der Waals surface area contributed by atoms with Crippen molar-refractivity contribution >= 4 is 5.78 Å². The molecule has 0 amide bonds. The number of para-hydroxylation sites is 1. The Labute approximate surface area is 103 Å². The van der Waals surface area contributed by atoms with Gasteiger partial charge in [-0.1, -0.05) is 19.1 Å². The second-order valence-electron chi connectivity index (χ2n) is 4.55. The quantitative estimate of drug-likeness (QED) is 0.735. The van der Waals surface area contributed by atoms with Crippen molar-refractivity contribution in [1.29, 1.82) is 0 Å². The van der Waals surface area contributed by atoms with Crippen molar-refractivity contribution in [2.24, 2.45) is 0 Å². The number of carbonyl (C=O) groups is 1. The fourth-order valence-electron chi connectivity index (χ4n) is 1.80. The second-order valence-corrected chi connectivity index (χ2v) is 4.55. The Hall–Kier alpha value is -1.35. The minimum atomic E-state index is -0.491. The summed E-state index contributed by atoms with van der Waals surface area (Å²) in [7, 11) is 5.44. The zero-order chi connectivity index (χ0) is 13.1. The first-order valence-corrected chi connectivity index (χ1v) is 5.82. The van der Waals surface area contributed by atoms with E-state index in [9.17, 15) is 4.79 Å². The van der Waals surface area contributed by atoms with Gasteiger partial charge in [0.15, 0.2) is 5.78 Å². The molecule has 0 aliphatic rings. The van der Waals surface area contributed by atoms with E-state index in [1.165, 1.54) is 0 Å². The zero-order valence-electron chi connectivity index (χ0n) is 11.3. The molecule has 3 nitrogen and oxygen atoms in total. The lowest BCUT2D eigenvalue weighted by atomic mass is 9.87. The van der Waals surface area contributed by atoms with Gasteiger partial charge in [-0.15, -0.1) is 0 Å². The largest absolute Gasteiger partial charge is 0.496 e. The van der Waals surface area contributed by atoms with Crippen molar-refractivity contribution < 1.29 is 9.53 Å². The summed E-state index contributed by atoms with van der Waals surface area (Å²) in [6.07, 6.45) is 0.761. The molecule has 0 heterocycles. The summed E-state index contributed by atoms with van der Waals surface area (Å²) in [4.78, 5) is 14.6. The molecule has 3 heteroatoms. The maximum atomic E-state index is 12.6. The normalized spacial score (nSPS) is 14.5. The fraction of sp³-hybridized carbons (Fsp3) is 0.500. The average molecular weight is 235 g/mol. The third-order valence-corrected chi connectivity index (χ3v) is 3.52. The number of benzene rings is 1. The number of ketones is 1. The Kier molecular flexibility index (Phi) is 4.29. The van der Waals surface area contributed by atoms with Crippen LogP contribution in [0.2, 0.25) is 0 Å². The van der Waals surface area contributed by atoms with Crippen molar-refractivity contribution in [2.75, 3.05) is 21.2 Å². The maximum Gasteiger partial charge on any atom is 0.186 e. The number of rotatable bonds is 5. The molecule has 17 heavy (non-hydrogen) atoms. The smallest absolute Gasteiger partial charge is 0.186 e. The van der Waals surface area contributed by atoms with E-state index in [0.717, 1.165) is 6.42 Å². The number of hydrogen-bond donors (Lipinski definition) is 0. The molecule has 0 bridgehead atoms. The van der Waals surface area contributed by atoms with Crippen molar-refractivity contribution in [3.05, 3.63) is 29.8 Å². The van der Waals surface area contributed by atoms with Crippen LogP contribution in [0.5, 0.6) is 5.75 Å². The van der Waals surface area contributed by atoms with Gasteiger partial charge in [0, 0.05) is 0 Å². The third kappa shape index (κ3) is 2.50. The minimum absolute atomic E-state index is 0.0995. The molecule has 0 fully saturated rings. The Morgan fingerprint density at radius 3 is 2.41 bits per heavy atom. The van der Waals surface area contributed by atoms with Crippen LogP contribution < -0.4 is 4.74 Å². The molecule has 0 saturated carbocycles. The first-order chi connectivity index (χ1) is 7.97. The highest BCUT2D eigenvalue weighted by Crippen LogP contribution is 2.27. The number of Topliss-reactive ketones (excluding diaryl/α,β-unsaturated/α-hetero) is 1. The molecule has 1 rings (SSSR count). The molecule has 1 aromatic carbocycles. The van der Waals surface area contributed by atoms with Crippen molar-refractivity contribution in [1.82, 2.24) is 4.90 Å². The van der Waals surface area contributed by atoms with Crippen LogP contribution in [0.4, 0.5) is 0 Å². The predicted octanol–water partition coefficient (Wildman–Crippen LogP) is 2.61. The van der Waals surface area contributed by atoms with Gasteiger partial charge in [0.05, 0.1) is 18.2 Å². The Bertz CT molecular complexity index is 401. The lowest BCUT2D eigenvalue weighted by Crippen LogP contribution is -2.48. The molecule has 1 unspecified atom stereocenters. The van der Waals surface area contributed by atoms with Gasteiger partial charge < -0.3 is 4.74 Å². The van der Waals surface area contributed by atoms with Crippen LogP contribution in [-0.2, 0) is 0 Å². The Balaban J connectivity index is 3.19. The molecule has 0 aliphatic heterocycles. The monoisotopic (exact) mass is 235 g/mol. The molecule has 0 aromatic heterocycles. The molecule has 0 spiro atoms. The first kappa shape index (κ1) is 13.7. The molecule has 0 aliphatic carbocycles. The lowest BCUT2D eigenvalue weighted by molar-refractivity contribution is 0.0707. The van der Waals surface area contributed by atoms with Crippen LogP contribution in [-0.4, -0.2) is 37.4 Å². The SMILES string of the molecule is CCC(C)(C(=O)c1ccccc1OC)N(C)C. The summed E-state index contributed by atoms with van der Waals surface area (Å²) in [5, 5.41) is 0. The summed E-state index contributed by atoms with van der Waals surface area (Å²) in [6, 6.07) is 7.37. The van der Waals surface area contributed by atoms with Gasteiger partial charge in [-0.3, -0.25) is 9.69 Å². The predicted molar refractivity (Wildman–Crippen MR) is 69.7 cm³/mol. The molecule has 1 atom stereocenters. The summed E-state index contributed by atoms with van der Waals surface area (Å²) in [6.45, 7) is 3.98. The number of likely N-dealkylation sites (N-methyl/N-ethyl adjacent to an activating group) is 1. The third-order valence-electron chi connectivity index (χ3n) is 3.52. The number of carbonyl (C=O) groups excluding carboxylic acids is 1. The summed E-state index contributed by atoms with van der Waals surface area (Å²) in [5.41, 5.74) is 0.155. The van der Waals surface area contributed by atoms with Gasteiger partial charge >= 0.3 is 0 Å². The van der Waals surface area contributed by atoms with Gasteiger partial charge in [-0.25, -0.2) is 0 Å². The molecule has 0 saturated heterocycles. The highest BCUT2D eigenvalue weighted by atomic mass is 16.5. The highest BCUT2D eigenvalue weighted by molar-refractivity contribution is 6.05. The van der Waals surface area contributed by atoms with Crippen LogP contribution in [0.15, 0.2) is 24.3 Å². The average Bonchev–Trinajstić information content (AvgIpc) is 2.36. The van der Waals surface area contributed by atoms with Crippen LogP contribution in [0.1, 0.15) is 30.6 Å². The van der Waals surface area contributed by atoms with E-state index in [1.807, 2.05) is 57.1 Å².